The van der Waals surface area contributed by atoms with Crippen molar-refractivity contribution >= 4 is 28.3 Å². The van der Waals surface area contributed by atoms with Gasteiger partial charge in [0.1, 0.15) is 0 Å². The van der Waals surface area contributed by atoms with Gasteiger partial charge in [0.2, 0.25) is 0 Å². The fourth-order valence-electron chi connectivity index (χ4n) is 0.255. The summed E-state index contributed by atoms with van der Waals surface area (Å²) >= 11 is 10.5. The van der Waals surface area contributed by atoms with E-state index in [9.17, 15) is 4.57 Å². The van der Waals surface area contributed by atoms with Crippen molar-refractivity contribution in [2.45, 2.75) is 12.3 Å². The van der Waals surface area contributed by atoms with Gasteiger partial charge in [0, 0.05) is 0 Å². The van der Waals surface area contributed by atoms with Crippen LogP contribution in [0.15, 0.2) is 0 Å². The molecule has 1 fully saturated rings. The number of hydrogen-bond acceptors (Lipinski definition) is 2. The molecule has 1 aliphatic heterocycles. The minimum atomic E-state index is -3.02. The SMILES string of the molecule is CC1(P(=O)(Cl)Cl)CO1. The first kappa shape index (κ1) is 6.88. The van der Waals surface area contributed by atoms with Crippen molar-refractivity contribution < 1.29 is 9.30 Å². The Morgan fingerprint density at radius 1 is 1.75 bits per heavy atom. The molecule has 1 unspecified atom stereocenters. The molecular weight excluding hydrogens is 170 g/mol. The lowest BCUT2D eigenvalue weighted by molar-refractivity contribution is 0.390. The zero-order chi connectivity index (χ0) is 6.41. The van der Waals surface area contributed by atoms with E-state index in [0.29, 0.717) is 6.61 Å². The maximum Gasteiger partial charge on any atom is 0.285 e. The lowest BCUT2D eigenvalue weighted by Gasteiger charge is -2.02. The quantitative estimate of drug-likeness (QED) is 0.452. The van der Waals surface area contributed by atoms with Crippen LogP contribution >= 0.6 is 28.3 Å². The van der Waals surface area contributed by atoms with Crippen LogP contribution in [-0.4, -0.2) is 11.9 Å². The first-order chi connectivity index (χ1) is 3.46. The van der Waals surface area contributed by atoms with E-state index >= 15 is 0 Å². The number of hydrogen-bond donors (Lipinski definition) is 0. The number of epoxide rings is 1. The molecule has 0 spiro atoms. The molecule has 1 rings (SSSR count). The first-order valence-corrected chi connectivity index (χ1v) is 5.61. The zero-order valence-corrected chi connectivity index (χ0v) is 6.63. The fraction of sp³-hybridized carbons (Fsp3) is 1.00. The summed E-state index contributed by atoms with van der Waals surface area (Å²) in [5, 5.41) is -0.726. The molecule has 8 heavy (non-hydrogen) atoms. The summed E-state index contributed by atoms with van der Waals surface area (Å²) in [4.78, 5) is 0. The normalized spacial score (nSPS) is 37.4. The minimum absolute atomic E-state index is 0.414. The molecule has 1 heterocycles. The van der Waals surface area contributed by atoms with Crippen LogP contribution in [-0.2, 0) is 9.30 Å². The average molecular weight is 175 g/mol. The summed E-state index contributed by atoms with van der Waals surface area (Å²) in [6, 6.07) is 0. The Kier molecular flexibility index (Phi) is 1.40. The highest BCUT2D eigenvalue weighted by Crippen LogP contribution is 2.72. The number of halogens is 2. The van der Waals surface area contributed by atoms with Crippen molar-refractivity contribution in [1.29, 1.82) is 0 Å². The number of ether oxygens (including phenoxy) is 1. The second-order valence-electron chi connectivity index (χ2n) is 1.93. The molecule has 0 aromatic carbocycles. The van der Waals surface area contributed by atoms with Crippen molar-refractivity contribution in [3.63, 3.8) is 0 Å². The van der Waals surface area contributed by atoms with Crippen molar-refractivity contribution in [1.82, 2.24) is 0 Å². The van der Waals surface area contributed by atoms with Crippen molar-refractivity contribution in [3.05, 3.63) is 0 Å². The smallest absolute Gasteiger partial charge is 0.285 e. The molecule has 0 amide bonds. The molecule has 0 aliphatic carbocycles. The highest BCUT2D eigenvalue weighted by Gasteiger charge is 2.54. The summed E-state index contributed by atoms with van der Waals surface area (Å²) in [6.07, 6.45) is 0. The van der Waals surface area contributed by atoms with Gasteiger partial charge in [-0.25, -0.2) is 0 Å². The molecule has 5 heteroatoms. The molecule has 1 saturated heterocycles. The predicted molar refractivity (Wildman–Crippen MR) is 33.7 cm³/mol. The Labute approximate surface area is 57.1 Å². The summed E-state index contributed by atoms with van der Waals surface area (Å²) in [5.41, 5.74) is 0. The highest BCUT2D eigenvalue weighted by molar-refractivity contribution is 8.09. The zero-order valence-electron chi connectivity index (χ0n) is 4.23. The molecule has 0 N–H and O–H groups in total. The molecule has 0 radical (unpaired) electrons. The number of rotatable bonds is 1. The van der Waals surface area contributed by atoms with Gasteiger partial charge >= 0.3 is 0 Å². The average Bonchev–Trinajstić information content (AvgIpc) is 2.16. The van der Waals surface area contributed by atoms with Crippen LogP contribution in [0.5, 0.6) is 0 Å². The van der Waals surface area contributed by atoms with Gasteiger partial charge in [0.15, 0.2) is 5.34 Å². The molecule has 1 atom stereocenters. The van der Waals surface area contributed by atoms with E-state index in [0.717, 1.165) is 0 Å². The van der Waals surface area contributed by atoms with Gasteiger partial charge in [-0.2, -0.15) is 0 Å². The molecule has 0 aromatic heterocycles. The summed E-state index contributed by atoms with van der Waals surface area (Å²) in [5.74, 6) is -3.02. The van der Waals surface area contributed by atoms with Crippen molar-refractivity contribution in [2.75, 3.05) is 6.61 Å². The van der Waals surface area contributed by atoms with E-state index in [1.807, 2.05) is 0 Å². The third kappa shape index (κ3) is 1.03. The third-order valence-corrected chi connectivity index (χ3v) is 4.62. The molecule has 0 aromatic rings. The van der Waals surface area contributed by atoms with E-state index in [2.05, 4.69) is 0 Å². The lowest BCUT2D eigenvalue weighted by Crippen LogP contribution is -1.95. The molecule has 1 aliphatic rings. The van der Waals surface area contributed by atoms with E-state index in [-0.39, 0.29) is 0 Å². The maximum atomic E-state index is 10.7. The van der Waals surface area contributed by atoms with Gasteiger partial charge in [0.25, 0.3) is 5.85 Å². The van der Waals surface area contributed by atoms with Crippen LogP contribution in [0.3, 0.4) is 0 Å². The highest BCUT2D eigenvalue weighted by atomic mass is 35.9. The first-order valence-electron chi connectivity index (χ1n) is 2.09. The van der Waals surface area contributed by atoms with Crippen molar-refractivity contribution in [2.24, 2.45) is 0 Å². The van der Waals surface area contributed by atoms with Crippen LogP contribution in [0.2, 0.25) is 0 Å². The molecule has 0 saturated carbocycles. The van der Waals surface area contributed by atoms with Crippen molar-refractivity contribution in [3.8, 4) is 0 Å². The Morgan fingerprint density at radius 2 is 2.12 bits per heavy atom. The van der Waals surface area contributed by atoms with Crippen LogP contribution in [0, 0.1) is 0 Å². The topological polar surface area (TPSA) is 29.6 Å². The van der Waals surface area contributed by atoms with Crippen LogP contribution < -0.4 is 0 Å². The van der Waals surface area contributed by atoms with E-state index in [4.69, 9.17) is 27.2 Å². The lowest BCUT2D eigenvalue weighted by atomic mass is 10.6. The van der Waals surface area contributed by atoms with Gasteiger partial charge in [-0.05, 0) is 29.4 Å². The Balaban J connectivity index is 2.73. The summed E-state index contributed by atoms with van der Waals surface area (Å²) in [7, 11) is 0. The van der Waals surface area contributed by atoms with E-state index in [1.54, 1.807) is 6.92 Å². The Hall–Kier alpha value is 0.770. The predicted octanol–water partition coefficient (Wildman–Crippen LogP) is 2.40. The molecular formula is C3H5Cl2O2P. The van der Waals surface area contributed by atoms with E-state index in [1.165, 1.54) is 0 Å². The summed E-state index contributed by atoms with van der Waals surface area (Å²) < 4.78 is 15.4. The standard InChI is InChI=1S/C3H5Cl2O2P/c1-3(2-7-3)8(4,5)6/h2H2,1H3. The fourth-order valence-corrected chi connectivity index (χ4v) is 1.21. The second-order valence-corrected chi connectivity index (χ2v) is 7.17. The summed E-state index contributed by atoms with van der Waals surface area (Å²) in [6.45, 7) is 2.05. The molecule has 0 bridgehead atoms. The second kappa shape index (κ2) is 1.63. The van der Waals surface area contributed by atoms with Gasteiger partial charge in [-0.3, -0.25) is 4.57 Å². The van der Waals surface area contributed by atoms with Crippen LogP contribution in [0.1, 0.15) is 6.92 Å². The monoisotopic (exact) mass is 174 g/mol. The van der Waals surface area contributed by atoms with E-state index < -0.39 is 11.2 Å². The maximum absolute atomic E-state index is 10.7. The molecule has 2 nitrogen and oxygen atoms in total. The van der Waals surface area contributed by atoms with Crippen LogP contribution in [0.25, 0.3) is 0 Å². The molecule has 48 valence electrons. The third-order valence-electron chi connectivity index (χ3n) is 1.11. The van der Waals surface area contributed by atoms with Gasteiger partial charge < -0.3 is 4.74 Å². The largest absolute Gasteiger partial charge is 0.359 e. The van der Waals surface area contributed by atoms with Gasteiger partial charge in [-0.15, -0.1) is 0 Å². The van der Waals surface area contributed by atoms with Gasteiger partial charge in [0.05, 0.1) is 6.61 Å². The Morgan fingerprint density at radius 3 is 2.12 bits per heavy atom. The minimum Gasteiger partial charge on any atom is -0.359 e. The van der Waals surface area contributed by atoms with Crippen LogP contribution in [0.4, 0.5) is 0 Å². The Bertz CT molecular complexity index is 147. The van der Waals surface area contributed by atoms with Gasteiger partial charge in [-0.1, -0.05) is 0 Å².